The minimum Gasteiger partial charge on any atom is -0.314 e. The Balaban J connectivity index is 1.49. The molecule has 1 unspecified atom stereocenters. The highest BCUT2D eigenvalue weighted by molar-refractivity contribution is 7.99. The standard InChI is InChI=1S/C13H20N2S2/c1-2-8-16-12(3-1)13-15-11(9-17-13)6-7-14-10-4-5-10/h9-10,12,14H,1-8H2. The second-order valence-electron chi connectivity index (χ2n) is 5.01. The molecule has 1 aliphatic carbocycles. The van der Waals surface area contributed by atoms with Crippen LogP contribution in [0.25, 0.3) is 0 Å². The van der Waals surface area contributed by atoms with Crippen LogP contribution in [0.15, 0.2) is 5.38 Å². The molecule has 3 rings (SSSR count). The van der Waals surface area contributed by atoms with Crippen LogP contribution in [0.1, 0.15) is 48.1 Å². The van der Waals surface area contributed by atoms with Gasteiger partial charge in [0.15, 0.2) is 0 Å². The van der Waals surface area contributed by atoms with Gasteiger partial charge in [-0.15, -0.1) is 11.3 Å². The quantitative estimate of drug-likeness (QED) is 0.886. The Kier molecular flexibility index (Phi) is 4.04. The lowest BCUT2D eigenvalue weighted by molar-refractivity contribution is 0.667. The van der Waals surface area contributed by atoms with Crippen molar-refractivity contribution in [2.75, 3.05) is 12.3 Å². The molecule has 0 radical (unpaired) electrons. The molecule has 2 heterocycles. The first kappa shape index (κ1) is 12.0. The highest BCUT2D eigenvalue weighted by Crippen LogP contribution is 2.39. The zero-order valence-electron chi connectivity index (χ0n) is 10.2. The van der Waals surface area contributed by atoms with E-state index in [-0.39, 0.29) is 0 Å². The van der Waals surface area contributed by atoms with Crippen LogP contribution in [0.2, 0.25) is 0 Å². The lowest BCUT2D eigenvalue weighted by Crippen LogP contribution is -2.19. The maximum absolute atomic E-state index is 4.81. The van der Waals surface area contributed by atoms with Crippen LogP contribution < -0.4 is 5.32 Å². The Morgan fingerprint density at radius 1 is 1.29 bits per heavy atom. The summed E-state index contributed by atoms with van der Waals surface area (Å²) in [5.74, 6) is 1.32. The van der Waals surface area contributed by atoms with Gasteiger partial charge in [0.25, 0.3) is 0 Å². The van der Waals surface area contributed by atoms with Crippen LogP contribution in [0.5, 0.6) is 0 Å². The normalized spacial score (nSPS) is 25.1. The van der Waals surface area contributed by atoms with Gasteiger partial charge in [0, 0.05) is 24.4 Å². The van der Waals surface area contributed by atoms with Gasteiger partial charge in [0.2, 0.25) is 0 Å². The van der Waals surface area contributed by atoms with E-state index in [2.05, 4.69) is 22.5 Å². The Bertz CT molecular complexity index is 354. The number of nitrogens with zero attached hydrogens (tertiary/aromatic N) is 1. The number of thioether (sulfide) groups is 1. The summed E-state index contributed by atoms with van der Waals surface area (Å²) in [6.07, 6.45) is 7.96. The molecule has 17 heavy (non-hydrogen) atoms. The van der Waals surface area contributed by atoms with Gasteiger partial charge in [-0.25, -0.2) is 4.98 Å². The highest BCUT2D eigenvalue weighted by atomic mass is 32.2. The molecule has 0 aromatic carbocycles. The van der Waals surface area contributed by atoms with Crippen molar-refractivity contribution in [2.24, 2.45) is 0 Å². The Labute approximate surface area is 112 Å². The predicted molar refractivity (Wildman–Crippen MR) is 75.9 cm³/mol. The molecule has 2 nitrogen and oxygen atoms in total. The molecule has 4 heteroatoms. The van der Waals surface area contributed by atoms with E-state index in [4.69, 9.17) is 4.98 Å². The molecule has 1 atom stereocenters. The van der Waals surface area contributed by atoms with Crippen molar-refractivity contribution in [1.82, 2.24) is 10.3 Å². The van der Waals surface area contributed by atoms with Gasteiger partial charge >= 0.3 is 0 Å². The fraction of sp³-hybridized carbons (Fsp3) is 0.769. The summed E-state index contributed by atoms with van der Waals surface area (Å²) in [6, 6.07) is 0.821. The van der Waals surface area contributed by atoms with E-state index in [9.17, 15) is 0 Å². The zero-order chi connectivity index (χ0) is 11.5. The van der Waals surface area contributed by atoms with Crippen LogP contribution in [0.4, 0.5) is 0 Å². The van der Waals surface area contributed by atoms with Crippen LogP contribution in [-0.2, 0) is 6.42 Å². The smallest absolute Gasteiger partial charge is 0.106 e. The van der Waals surface area contributed by atoms with Crippen molar-refractivity contribution in [3.05, 3.63) is 16.1 Å². The largest absolute Gasteiger partial charge is 0.314 e. The minimum atomic E-state index is 0.693. The Morgan fingerprint density at radius 3 is 3.00 bits per heavy atom. The van der Waals surface area contributed by atoms with Crippen molar-refractivity contribution >= 4 is 23.1 Å². The second-order valence-corrected chi connectivity index (χ2v) is 7.21. The lowest BCUT2D eigenvalue weighted by Gasteiger charge is -2.18. The van der Waals surface area contributed by atoms with Crippen molar-refractivity contribution in [1.29, 1.82) is 0 Å². The Hall–Kier alpha value is -0.0600. The van der Waals surface area contributed by atoms with Crippen LogP contribution in [0, 0.1) is 0 Å². The monoisotopic (exact) mass is 268 g/mol. The molecule has 1 saturated carbocycles. The average Bonchev–Trinajstić information content (AvgIpc) is 3.07. The molecule has 1 saturated heterocycles. The third-order valence-corrected chi connectivity index (χ3v) is 5.96. The number of thiazole rings is 1. The second kappa shape index (κ2) is 5.72. The first-order valence-electron chi connectivity index (χ1n) is 6.71. The van der Waals surface area contributed by atoms with Gasteiger partial charge < -0.3 is 5.32 Å². The first-order valence-corrected chi connectivity index (χ1v) is 8.64. The molecular weight excluding hydrogens is 248 g/mol. The number of nitrogens with one attached hydrogen (secondary N) is 1. The molecule has 1 aliphatic heterocycles. The first-order chi connectivity index (χ1) is 8.42. The molecule has 1 N–H and O–H groups in total. The number of hydrogen-bond acceptors (Lipinski definition) is 4. The SMILES string of the molecule is c1sc(C2CCCCS2)nc1CCNC1CC1. The highest BCUT2D eigenvalue weighted by Gasteiger charge is 2.21. The van der Waals surface area contributed by atoms with Crippen LogP contribution in [-0.4, -0.2) is 23.3 Å². The average molecular weight is 268 g/mol. The fourth-order valence-electron chi connectivity index (χ4n) is 2.21. The lowest BCUT2D eigenvalue weighted by atomic mass is 10.2. The number of hydrogen-bond donors (Lipinski definition) is 1. The fourth-order valence-corrected chi connectivity index (χ4v) is 4.63. The number of rotatable bonds is 5. The number of aromatic nitrogens is 1. The van der Waals surface area contributed by atoms with Gasteiger partial charge in [0.1, 0.15) is 5.01 Å². The summed E-state index contributed by atoms with van der Waals surface area (Å²) in [7, 11) is 0. The minimum absolute atomic E-state index is 0.693. The molecule has 0 amide bonds. The third-order valence-electron chi connectivity index (χ3n) is 3.42. The van der Waals surface area contributed by atoms with E-state index < -0.39 is 0 Å². The van der Waals surface area contributed by atoms with E-state index in [0.29, 0.717) is 5.25 Å². The van der Waals surface area contributed by atoms with Crippen LogP contribution in [0.3, 0.4) is 0 Å². The summed E-state index contributed by atoms with van der Waals surface area (Å²) in [4.78, 5) is 4.81. The molecule has 0 spiro atoms. The molecule has 0 bridgehead atoms. The maximum Gasteiger partial charge on any atom is 0.106 e. The topological polar surface area (TPSA) is 24.9 Å². The van der Waals surface area contributed by atoms with Gasteiger partial charge in [-0.1, -0.05) is 6.42 Å². The molecule has 2 fully saturated rings. The molecular formula is C13H20N2S2. The molecule has 94 valence electrons. The van der Waals surface area contributed by atoms with Crippen molar-refractivity contribution < 1.29 is 0 Å². The molecule has 2 aliphatic rings. The van der Waals surface area contributed by atoms with E-state index in [1.54, 1.807) is 0 Å². The summed E-state index contributed by atoms with van der Waals surface area (Å²) < 4.78 is 0. The summed E-state index contributed by atoms with van der Waals surface area (Å²) in [5, 5.41) is 7.88. The summed E-state index contributed by atoms with van der Waals surface area (Å²) in [5.41, 5.74) is 1.30. The Morgan fingerprint density at radius 2 is 2.24 bits per heavy atom. The van der Waals surface area contributed by atoms with Gasteiger partial charge in [0.05, 0.1) is 10.9 Å². The van der Waals surface area contributed by atoms with Crippen molar-refractivity contribution in [2.45, 2.75) is 49.8 Å². The summed E-state index contributed by atoms with van der Waals surface area (Å²) >= 11 is 3.97. The third kappa shape index (κ3) is 3.46. The van der Waals surface area contributed by atoms with E-state index >= 15 is 0 Å². The van der Waals surface area contributed by atoms with Crippen molar-refractivity contribution in [3.63, 3.8) is 0 Å². The maximum atomic E-state index is 4.81. The molecule has 1 aromatic heterocycles. The summed E-state index contributed by atoms with van der Waals surface area (Å²) in [6.45, 7) is 1.10. The van der Waals surface area contributed by atoms with Gasteiger partial charge in [-0.05, 0) is 31.4 Å². The van der Waals surface area contributed by atoms with E-state index in [0.717, 1.165) is 19.0 Å². The van der Waals surface area contributed by atoms with E-state index in [1.165, 1.54) is 48.6 Å². The van der Waals surface area contributed by atoms with E-state index in [1.807, 2.05) is 11.3 Å². The zero-order valence-corrected chi connectivity index (χ0v) is 11.8. The van der Waals surface area contributed by atoms with Crippen LogP contribution >= 0.6 is 23.1 Å². The molecule has 1 aromatic rings. The predicted octanol–water partition coefficient (Wildman–Crippen LogP) is 3.40. The van der Waals surface area contributed by atoms with Gasteiger partial charge in [-0.2, -0.15) is 11.8 Å². The van der Waals surface area contributed by atoms with Crippen molar-refractivity contribution in [3.8, 4) is 0 Å². The van der Waals surface area contributed by atoms with Gasteiger partial charge in [-0.3, -0.25) is 0 Å².